The molecule has 6 aromatic rings. The molecular formula is C55H54N6O6. The second-order valence-electron chi connectivity index (χ2n) is 16.9. The van der Waals surface area contributed by atoms with Crippen molar-refractivity contribution in [2.24, 2.45) is 9.98 Å². The summed E-state index contributed by atoms with van der Waals surface area (Å²) in [6, 6.07) is 48.5. The third kappa shape index (κ3) is 11.7. The number of nitrogens with zero attached hydrogens (tertiary/aromatic N) is 4. The largest absolute Gasteiger partial charge is 0.480 e. The van der Waals surface area contributed by atoms with Gasteiger partial charge in [0.05, 0.1) is 34.9 Å². The number of nitrogens with one attached hydrogen (secondary N) is 2. The van der Waals surface area contributed by atoms with E-state index < -0.39 is 30.4 Å². The van der Waals surface area contributed by atoms with Gasteiger partial charge in [-0.25, -0.2) is 9.59 Å². The number of hydrogen-bond donors (Lipinski definition) is 4. The second kappa shape index (κ2) is 22.1. The summed E-state index contributed by atoms with van der Waals surface area (Å²) in [4.78, 5) is 68.6. The average Bonchev–Trinajstić information content (AvgIpc) is 4.03. The Morgan fingerprint density at radius 1 is 0.493 bits per heavy atom. The standard InChI is InChI=1S/C55H54N6O6/c62-52(48-31-17-33-60(48)36-38-19-5-1-6-20-38)58-44-29-15-13-27-42(44)50(40-23-9-3-10-24-40)56-46(54(64)65)35-47(55(66)67)57-51(41-25-11-4-12-26-41)43-28-14-16-30-45(43)59-53(63)49-32-18-34-61(49)37-39-21-7-2-8-22-39/h1-16,19-30,46-49H,17-18,31-37H2,(H,58,62)(H,59,63)(H,64,65)(H,66,67)/t46-,47-,48-,49-/m0/s1. The average molecular weight is 895 g/mol. The number of amides is 2. The van der Waals surface area contributed by atoms with Gasteiger partial charge in [0.1, 0.15) is 0 Å². The SMILES string of the molecule is O=C(O)[C@H](C[C@H](N=C(c1ccccc1)c1ccccc1NC(=O)[C@@H]1CCCN1Cc1ccccc1)C(=O)O)N=C(c1ccccc1)c1ccccc1NC(=O)[C@@H]1CCCN1Cc1ccccc1. The fourth-order valence-electron chi connectivity index (χ4n) is 9.02. The minimum Gasteiger partial charge on any atom is -0.480 e. The highest BCUT2D eigenvalue weighted by Gasteiger charge is 2.34. The van der Waals surface area contributed by atoms with E-state index in [2.05, 4.69) is 20.4 Å². The molecule has 0 bridgehead atoms. The molecule has 2 heterocycles. The van der Waals surface area contributed by atoms with E-state index in [0.717, 1.165) is 37.1 Å². The molecular weight excluding hydrogens is 841 g/mol. The lowest BCUT2D eigenvalue weighted by Crippen LogP contribution is -2.39. The zero-order valence-electron chi connectivity index (χ0n) is 37.2. The summed E-state index contributed by atoms with van der Waals surface area (Å²) in [5.74, 6) is -3.05. The first-order valence-electron chi connectivity index (χ1n) is 22.8. The summed E-state index contributed by atoms with van der Waals surface area (Å²) in [6.07, 6.45) is 2.62. The minimum absolute atomic E-state index is 0.180. The number of aliphatic carboxylic acids is 2. The third-order valence-electron chi connectivity index (χ3n) is 12.4. The maximum atomic E-state index is 14.1. The highest BCUT2D eigenvalue weighted by molar-refractivity contribution is 6.19. The van der Waals surface area contributed by atoms with Crippen LogP contribution in [0, 0.1) is 0 Å². The van der Waals surface area contributed by atoms with Crippen molar-refractivity contribution < 1.29 is 29.4 Å². The molecule has 2 amide bonds. The molecule has 2 saturated heterocycles. The Kier molecular flexibility index (Phi) is 15.2. The number of carboxylic acids is 2. The van der Waals surface area contributed by atoms with E-state index in [1.165, 1.54) is 0 Å². The fourth-order valence-corrected chi connectivity index (χ4v) is 9.02. The molecule has 0 radical (unpaired) electrons. The lowest BCUT2D eigenvalue weighted by molar-refractivity contribution is -0.140. The fraction of sp³-hybridized carbons (Fsp3) is 0.236. The first-order valence-corrected chi connectivity index (χ1v) is 22.8. The molecule has 4 atom stereocenters. The van der Waals surface area contributed by atoms with Crippen molar-refractivity contribution >= 4 is 46.6 Å². The molecule has 12 nitrogen and oxygen atoms in total. The van der Waals surface area contributed by atoms with Gasteiger partial charge in [-0.15, -0.1) is 0 Å². The topological polar surface area (TPSA) is 164 Å². The van der Waals surface area contributed by atoms with Gasteiger partial charge < -0.3 is 20.8 Å². The Morgan fingerprint density at radius 2 is 0.836 bits per heavy atom. The van der Waals surface area contributed by atoms with Gasteiger partial charge in [-0.2, -0.15) is 0 Å². The van der Waals surface area contributed by atoms with Crippen molar-refractivity contribution in [2.45, 2.75) is 69.4 Å². The predicted molar refractivity (Wildman–Crippen MR) is 262 cm³/mol. The number of likely N-dealkylation sites (tertiary alicyclic amines) is 2. The van der Waals surface area contributed by atoms with E-state index in [4.69, 9.17) is 9.98 Å². The number of carbonyl (C=O) groups is 4. The number of carboxylic acid groups (broad SMARTS) is 2. The normalized spacial score (nSPS) is 17.7. The maximum absolute atomic E-state index is 14.1. The number of benzene rings is 6. The number of aliphatic imine (C=N–C) groups is 2. The van der Waals surface area contributed by atoms with Crippen LogP contribution in [0.3, 0.4) is 0 Å². The zero-order valence-corrected chi connectivity index (χ0v) is 37.2. The van der Waals surface area contributed by atoms with Gasteiger partial charge in [0, 0.05) is 41.8 Å². The van der Waals surface area contributed by atoms with Crippen molar-refractivity contribution in [3.8, 4) is 0 Å². The van der Waals surface area contributed by atoms with Crippen molar-refractivity contribution in [3.05, 3.63) is 203 Å². The Hall–Kier alpha value is -7.54. The molecule has 0 unspecified atom stereocenters. The molecule has 2 fully saturated rings. The van der Waals surface area contributed by atoms with Gasteiger partial charge in [0.25, 0.3) is 0 Å². The first-order chi connectivity index (χ1) is 32.7. The van der Waals surface area contributed by atoms with E-state index in [1.54, 1.807) is 72.8 Å². The van der Waals surface area contributed by atoms with Gasteiger partial charge in [0.15, 0.2) is 12.1 Å². The van der Waals surface area contributed by atoms with Gasteiger partial charge in [-0.05, 0) is 62.0 Å². The Bertz CT molecular complexity index is 2530. The lowest BCUT2D eigenvalue weighted by Gasteiger charge is -2.25. The molecule has 0 saturated carbocycles. The molecule has 67 heavy (non-hydrogen) atoms. The second-order valence-corrected chi connectivity index (χ2v) is 16.9. The van der Waals surface area contributed by atoms with Crippen LogP contribution in [0.2, 0.25) is 0 Å². The quantitative estimate of drug-likeness (QED) is 0.0624. The molecule has 6 aromatic carbocycles. The van der Waals surface area contributed by atoms with Gasteiger partial charge in [0.2, 0.25) is 11.8 Å². The summed E-state index contributed by atoms with van der Waals surface area (Å²) in [6.45, 7) is 2.82. The van der Waals surface area contributed by atoms with Crippen molar-refractivity contribution in [1.29, 1.82) is 0 Å². The van der Waals surface area contributed by atoms with Crippen molar-refractivity contribution in [3.63, 3.8) is 0 Å². The zero-order chi connectivity index (χ0) is 46.5. The van der Waals surface area contributed by atoms with Crippen LogP contribution in [0.25, 0.3) is 0 Å². The minimum atomic E-state index is -1.58. The van der Waals surface area contributed by atoms with E-state index in [0.29, 0.717) is 59.6 Å². The summed E-state index contributed by atoms with van der Waals surface area (Å²) < 4.78 is 0. The van der Waals surface area contributed by atoms with Crippen LogP contribution in [-0.2, 0) is 32.3 Å². The van der Waals surface area contributed by atoms with Crippen LogP contribution in [0.4, 0.5) is 11.4 Å². The van der Waals surface area contributed by atoms with Crippen LogP contribution < -0.4 is 10.6 Å². The van der Waals surface area contributed by atoms with Crippen molar-refractivity contribution in [1.82, 2.24) is 9.80 Å². The summed E-state index contributed by atoms with van der Waals surface area (Å²) in [7, 11) is 0. The smallest absolute Gasteiger partial charge is 0.328 e. The summed E-state index contributed by atoms with van der Waals surface area (Å²) in [5, 5.41) is 27.9. The van der Waals surface area contributed by atoms with Gasteiger partial charge in [-0.1, -0.05) is 158 Å². The number of para-hydroxylation sites is 2. The Labute approximate surface area is 390 Å². The number of hydrogen-bond acceptors (Lipinski definition) is 8. The van der Waals surface area contributed by atoms with Crippen LogP contribution >= 0.6 is 0 Å². The monoisotopic (exact) mass is 894 g/mol. The van der Waals surface area contributed by atoms with Crippen LogP contribution in [-0.4, -0.2) is 92.4 Å². The molecule has 12 heteroatoms. The lowest BCUT2D eigenvalue weighted by atomic mass is 9.98. The molecule has 4 N–H and O–H groups in total. The van der Waals surface area contributed by atoms with Crippen LogP contribution in [0.5, 0.6) is 0 Å². The van der Waals surface area contributed by atoms with Crippen LogP contribution in [0.15, 0.2) is 180 Å². The van der Waals surface area contributed by atoms with E-state index in [1.807, 2.05) is 97.1 Å². The van der Waals surface area contributed by atoms with E-state index >= 15 is 0 Å². The number of carbonyl (C=O) groups excluding carboxylic acids is 2. The first kappa shape index (κ1) is 46.0. The molecule has 0 aliphatic carbocycles. The molecule has 340 valence electrons. The number of rotatable bonds is 18. The number of anilines is 2. The maximum Gasteiger partial charge on any atom is 0.328 e. The van der Waals surface area contributed by atoms with Crippen molar-refractivity contribution in [2.75, 3.05) is 23.7 Å². The summed E-state index contributed by atoms with van der Waals surface area (Å²) >= 11 is 0. The molecule has 2 aliphatic heterocycles. The Balaban J connectivity index is 1.10. The van der Waals surface area contributed by atoms with E-state index in [-0.39, 0.29) is 35.3 Å². The molecule has 2 aliphatic rings. The highest BCUT2D eigenvalue weighted by Crippen LogP contribution is 2.28. The Morgan fingerprint density at radius 3 is 1.21 bits per heavy atom. The van der Waals surface area contributed by atoms with Crippen LogP contribution in [0.1, 0.15) is 65.5 Å². The molecule has 0 spiro atoms. The summed E-state index contributed by atoms with van der Waals surface area (Å²) in [5.41, 5.74) is 5.79. The molecule has 8 rings (SSSR count). The van der Waals surface area contributed by atoms with Gasteiger partial charge in [-0.3, -0.25) is 29.4 Å². The molecule has 0 aromatic heterocycles. The third-order valence-corrected chi connectivity index (χ3v) is 12.4. The van der Waals surface area contributed by atoms with Gasteiger partial charge >= 0.3 is 11.9 Å². The predicted octanol–water partition coefficient (Wildman–Crippen LogP) is 8.56. The highest BCUT2D eigenvalue weighted by atomic mass is 16.4. The van der Waals surface area contributed by atoms with E-state index in [9.17, 15) is 29.4 Å².